The number of nitrogens with one attached hydrogen (secondary N) is 1. The molecule has 1 aromatic carbocycles. The highest BCUT2D eigenvalue weighted by molar-refractivity contribution is 8.00. The van der Waals surface area contributed by atoms with E-state index < -0.39 is 10.0 Å². The van der Waals surface area contributed by atoms with Gasteiger partial charge in [-0.25, -0.2) is 13.1 Å². The first-order valence-electron chi connectivity index (χ1n) is 5.39. The largest absolute Gasteiger partial charge is 0.399 e. The molecule has 98 valence electrons. The van der Waals surface area contributed by atoms with Crippen LogP contribution in [0.2, 0.25) is 0 Å². The summed E-state index contributed by atoms with van der Waals surface area (Å²) in [7, 11) is -3.24. The number of sulfonamides is 1. The summed E-state index contributed by atoms with van der Waals surface area (Å²) in [6, 6.07) is 7.38. The standard InChI is InChI=1S/C12H16N2O2S2/c1-2-3-7-14-18(15,16)9-8-17-12-6-4-5-11(13)10-12/h4-6,10,14H,7-9,13H2,1H3. The van der Waals surface area contributed by atoms with Gasteiger partial charge in [0.1, 0.15) is 0 Å². The van der Waals surface area contributed by atoms with Gasteiger partial charge in [-0.1, -0.05) is 12.0 Å². The molecule has 18 heavy (non-hydrogen) atoms. The molecule has 0 aromatic heterocycles. The van der Waals surface area contributed by atoms with Crippen LogP contribution in [0.1, 0.15) is 6.92 Å². The Morgan fingerprint density at radius 3 is 2.89 bits per heavy atom. The first-order valence-corrected chi connectivity index (χ1v) is 8.02. The molecule has 0 aliphatic heterocycles. The van der Waals surface area contributed by atoms with Gasteiger partial charge in [-0.2, -0.15) is 0 Å². The van der Waals surface area contributed by atoms with E-state index in [0.29, 0.717) is 11.4 Å². The third-order valence-electron chi connectivity index (χ3n) is 2.04. The quantitative estimate of drug-likeness (QED) is 0.469. The maximum atomic E-state index is 11.5. The van der Waals surface area contributed by atoms with Gasteiger partial charge in [0.05, 0.1) is 12.3 Å². The molecule has 6 heteroatoms. The number of rotatable bonds is 6. The fourth-order valence-corrected chi connectivity index (χ4v) is 3.46. The molecule has 0 radical (unpaired) electrons. The van der Waals surface area contributed by atoms with Gasteiger partial charge in [0.15, 0.2) is 0 Å². The summed E-state index contributed by atoms with van der Waals surface area (Å²) in [6.45, 7) is 1.84. The molecule has 1 aromatic rings. The number of nitrogens with two attached hydrogens (primary N) is 1. The molecule has 0 heterocycles. The zero-order chi connectivity index (χ0) is 13.4. The second-order valence-electron chi connectivity index (χ2n) is 3.49. The van der Waals surface area contributed by atoms with Gasteiger partial charge in [-0.3, -0.25) is 0 Å². The molecule has 1 rings (SSSR count). The van der Waals surface area contributed by atoms with Crippen LogP contribution in [0.3, 0.4) is 0 Å². The van der Waals surface area contributed by atoms with Crippen LogP contribution in [0.4, 0.5) is 5.69 Å². The highest BCUT2D eigenvalue weighted by Crippen LogP contribution is 2.19. The molecular weight excluding hydrogens is 268 g/mol. The van der Waals surface area contributed by atoms with Crippen LogP contribution in [-0.2, 0) is 10.0 Å². The molecule has 0 saturated carbocycles. The predicted octanol–water partition coefficient (Wildman–Crippen LogP) is 1.30. The van der Waals surface area contributed by atoms with Crippen LogP contribution < -0.4 is 10.5 Å². The van der Waals surface area contributed by atoms with Crippen molar-refractivity contribution in [3.63, 3.8) is 0 Å². The van der Waals surface area contributed by atoms with Crippen molar-refractivity contribution in [2.45, 2.75) is 11.8 Å². The third-order valence-corrected chi connectivity index (χ3v) is 4.62. The first kappa shape index (κ1) is 14.9. The van der Waals surface area contributed by atoms with Crippen LogP contribution in [0.25, 0.3) is 0 Å². The molecule has 3 N–H and O–H groups in total. The van der Waals surface area contributed by atoms with Gasteiger partial charge in [0.25, 0.3) is 0 Å². The zero-order valence-corrected chi connectivity index (χ0v) is 11.8. The fourth-order valence-electron chi connectivity index (χ4n) is 1.18. The van der Waals surface area contributed by atoms with Crippen molar-refractivity contribution in [2.24, 2.45) is 0 Å². The minimum Gasteiger partial charge on any atom is -0.399 e. The molecule has 0 atom stereocenters. The van der Waals surface area contributed by atoms with E-state index in [0.717, 1.165) is 4.90 Å². The van der Waals surface area contributed by atoms with Crippen molar-refractivity contribution in [3.8, 4) is 11.8 Å². The molecule has 0 bridgehead atoms. The van der Waals surface area contributed by atoms with Gasteiger partial charge in [-0.05, 0) is 25.1 Å². The number of benzene rings is 1. The highest BCUT2D eigenvalue weighted by Gasteiger charge is 2.08. The van der Waals surface area contributed by atoms with E-state index in [1.54, 1.807) is 13.0 Å². The van der Waals surface area contributed by atoms with Gasteiger partial charge >= 0.3 is 0 Å². The predicted molar refractivity (Wildman–Crippen MR) is 76.8 cm³/mol. The minimum absolute atomic E-state index is 0.0673. The topological polar surface area (TPSA) is 72.2 Å². The molecule has 0 spiro atoms. The number of anilines is 1. The lowest BCUT2D eigenvalue weighted by atomic mass is 10.3. The Balaban J connectivity index is 2.38. The zero-order valence-electron chi connectivity index (χ0n) is 10.1. The number of thioether (sulfide) groups is 1. The molecule has 0 amide bonds. The molecule has 0 aliphatic carbocycles. The van der Waals surface area contributed by atoms with Crippen LogP contribution in [0, 0.1) is 11.8 Å². The fraction of sp³-hybridized carbons (Fsp3) is 0.333. The Morgan fingerprint density at radius 2 is 2.22 bits per heavy atom. The van der Waals surface area contributed by atoms with Gasteiger partial charge in [0.2, 0.25) is 10.0 Å². The average molecular weight is 284 g/mol. The lowest BCUT2D eigenvalue weighted by molar-refractivity contribution is 0.587. The average Bonchev–Trinajstić information content (AvgIpc) is 2.29. The van der Waals surface area contributed by atoms with Gasteiger partial charge in [-0.15, -0.1) is 17.7 Å². The van der Waals surface area contributed by atoms with E-state index >= 15 is 0 Å². The van der Waals surface area contributed by atoms with Crippen molar-refractivity contribution >= 4 is 27.5 Å². The summed E-state index contributed by atoms with van der Waals surface area (Å²) < 4.78 is 25.5. The third kappa shape index (κ3) is 5.96. The maximum Gasteiger partial charge on any atom is 0.213 e. The summed E-state index contributed by atoms with van der Waals surface area (Å²) in [5.41, 5.74) is 6.32. The molecule has 0 saturated heterocycles. The molecule has 0 aliphatic rings. The lowest BCUT2D eigenvalue weighted by Crippen LogP contribution is -2.27. The van der Waals surface area contributed by atoms with Crippen molar-refractivity contribution in [3.05, 3.63) is 24.3 Å². The van der Waals surface area contributed by atoms with E-state index in [1.807, 2.05) is 18.2 Å². The Labute approximate surface area is 112 Å². The SMILES string of the molecule is CC#CCNS(=O)(=O)CCSc1cccc(N)c1. The number of hydrogen-bond acceptors (Lipinski definition) is 4. The van der Waals surface area contributed by atoms with E-state index in [9.17, 15) is 8.42 Å². The number of hydrogen-bond donors (Lipinski definition) is 2. The second-order valence-corrected chi connectivity index (χ2v) is 6.58. The Morgan fingerprint density at radius 1 is 1.44 bits per heavy atom. The Hall–Kier alpha value is -1.16. The van der Waals surface area contributed by atoms with Crippen molar-refractivity contribution in [1.82, 2.24) is 4.72 Å². The van der Waals surface area contributed by atoms with Crippen LogP contribution >= 0.6 is 11.8 Å². The summed E-state index contributed by atoms with van der Waals surface area (Å²) in [4.78, 5) is 0.971. The summed E-state index contributed by atoms with van der Waals surface area (Å²) in [5.74, 6) is 5.84. The maximum absolute atomic E-state index is 11.5. The Kier molecular flexibility index (Phi) is 6.05. The summed E-state index contributed by atoms with van der Waals surface area (Å²) in [5, 5.41) is 0. The molecule has 0 fully saturated rings. The first-order chi connectivity index (χ1) is 8.53. The van der Waals surface area contributed by atoms with E-state index in [2.05, 4.69) is 16.6 Å². The Bertz CT molecular complexity index is 545. The lowest BCUT2D eigenvalue weighted by Gasteiger charge is -2.04. The van der Waals surface area contributed by atoms with Gasteiger partial charge in [0, 0.05) is 16.3 Å². The van der Waals surface area contributed by atoms with Crippen LogP contribution in [-0.4, -0.2) is 26.5 Å². The van der Waals surface area contributed by atoms with Crippen LogP contribution in [0.15, 0.2) is 29.2 Å². The second kappa shape index (κ2) is 7.31. The van der Waals surface area contributed by atoms with Gasteiger partial charge < -0.3 is 5.73 Å². The van der Waals surface area contributed by atoms with E-state index in [1.165, 1.54) is 11.8 Å². The highest BCUT2D eigenvalue weighted by atomic mass is 32.2. The van der Waals surface area contributed by atoms with Crippen molar-refractivity contribution < 1.29 is 8.42 Å². The molecular formula is C12H16N2O2S2. The molecule has 4 nitrogen and oxygen atoms in total. The molecule has 0 unspecified atom stereocenters. The number of nitrogen functional groups attached to an aromatic ring is 1. The smallest absolute Gasteiger partial charge is 0.213 e. The summed E-state index contributed by atoms with van der Waals surface area (Å²) >= 11 is 1.47. The summed E-state index contributed by atoms with van der Waals surface area (Å²) in [6.07, 6.45) is 0. The van der Waals surface area contributed by atoms with E-state index in [4.69, 9.17) is 5.73 Å². The van der Waals surface area contributed by atoms with Crippen LogP contribution in [0.5, 0.6) is 0 Å². The monoisotopic (exact) mass is 284 g/mol. The normalized spacial score (nSPS) is 10.7. The van der Waals surface area contributed by atoms with Crippen molar-refractivity contribution in [2.75, 3.05) is 23.8 Å². The minimum atomic E-state index is -3.24. The van der Waals surface area contributed by atoms with Crippen molar-refractivity contribution in [1.29, 1.82) is 0 Å². The van der Waals surface area contributed by atoms with E-state index in [-0.39, 0.29) is 12.3 Å².